The number of nitrogens with one attached hydrogen (secondary N) is 1. The smallest absolute Gasteiger partial charge is 0.325 e. The molecule has 0 radical (unpaired) electrons. The third-order valence-electron chi connectivity index (χ3n) is 5.87. The molecule has 4 rings (SSSR count). The minimum absolute atomic E-state index is 0.0456. The van der Waals surface area contributed by atoms with Crippen LogP contribution in [0.2, 0.25) is 0 Å². The molecule has 3 amide bonds. The SMILES string of the molecule is Cc1cc([C@]2(C)NC(=O)N(CCOc3ccc(S(=O)(=O)N4CCOCC4)cc3)C2=O)c(C)o1. The first kappa shape index (κ1) is 23.3. The molecule has 2 aliphatic heterocycles. The van der Waals surface area contributed by atoms with E-state index >= 15 is 0 Å². The van der Waals surface area contributed by atoms with Gasteiger partial charge in [0.25, 0.3) is 5.91 Å². The van der Waals surface area contributed by atoms with Crippen LogP contribution in [-0.2, 0) is 25.1 Å². The van der Waals surface area contributed by atoms with Crippen molar-refractivity contribution in [2.75, 3.05) is 39.5 Å². The summed E-state index contributed by atoms with van der Waals surface area (Å²) in [6, 6.07) is 7.32. The second kappa shape index (κ2) is 8.81. The van der Waals surface area contributed by atoms with E-state index in [2.05, 4.69) is 5.32 Å². The number of hydrogen-bond donors (Lipinski definition) is 1. The molecular formula is C22H27N3O7S. The molecule has 0 saturated carbocycles. The number of benzene rings is 1. The Morgan fingerprint density at radius 3 is 2.39 bits per heavy atom. The quantitative estimate of drug-likeness (QED) is 0.604. The predicted octanol–water partition coefficient (Wildman–Crippen LogP) is 1.76. The van der Waals surface area contributed by atoms with Gasteiger partial charge in [-0.15, -0.1) is 0 Å². The molecule has 2 fully saturated rings. The zero-order valence-electron chi connectivity index (χ0n) is 18.8. The van der Waals surface area contributed by atoms with E-state index in [0.717, 1.165) is 4.90 Å². The van der Waals surface area contributed by atoms with Crippen LogP contribution >= 0.6 is 0 Å². The lowest BCUT2D eigenvalue weighted by molar-refractivity contribution is -0.131. The number of aryl methyl sites for hydroxylation is 2. The Morgan fingerprint density at radius 1 is 1.12 bits per heavy atom. The van der Waals surface area contributed by atoms with E-state index in [1.165, 1.54) is 16.4 Å². The van der Waals surface area contributed by atoms with E-state index in [0.29, 0.717) is 49.1 Å². The number of ether oxygens (including phenoxy) is 2. The van der Waals surface area contributed by atoms with Crippen LogP contribution in [0.1, 0.15) is 24.0 Å². The van der Waals surface area contributed by atoms with E-state index in [9.17, 15) is 18.0 Å². The van der Waals surface area contributed by atoms with Gasteiger partial charge in [0.15, 0.2) is 0 Å². The number of nitrogens with zero attached hydrogens (tertiary/aromatic N) is 2. The zero-order valence-corrected chi connectivity index (χ0v) is 19.6. The summed E-state index contributed by atoms with van der Waals surface area (Å²) in [6.07, 6.45) is 0. The Balaban J connectivity index is 1.37. The first-order chi connectivity index (χ1) is 15.6. The number of morpholine rings is 1. The van der Waals surface area contributed by atoms with Gasteiger partial charge in [0.2, 0.25) is 10.0 Å². The Labute approximate surface area is 192 Å². The van der Waals surface area contributed by atoms with Crippen molar-refractivity contribution in [3.8, 4) is 5.75 Å². The van der Waals surface area contributed by atoms with Crippen molar-refractivity contribution < 1.29 is 31.9 Å². The highest BCUT2D eigenvalue weighted by molar-refractivity contribution is 7.89. The summed E-state index contributed by atoms with van der Waals surface area (Å²) >= 11 is 0. The van der Waals surface area contributed by atoms with Gasteiger partial charge in [-0.3, -0.25) is 9.69 Å². The van der Waals surface area contributed by atoms with Gasteiger partial charge in [0, 0.05) is 18.7 Å². The lowest BCUT2D eigenvalue weighted by atomic mass is 9.92. The molecule has 1 aromatic heterocycles. The lowest BCUT2D eigenvalue weighted by Crippen LogP contribution is -2.41. The number of urea groups is 1. The summed E-state index contributed by atoms with van der Waals surface area (Å²) in [5.41, 5.74) is -0.576. The average Bonchev–Trinajstić information content (AvgIpc) is 3.25. The van der Waals surface area contributed by atoms with Crippen LogP contribution in [0.5, 0.6) is 5.75 Å². The third-order valence-corrected chi connectivity index (χ3v) is 7.78. The molecule has 11 heteroatoms. The van der Waals surface area contributed by atoms with Gasteiger partial charge in [-0.2, -0.15) is 4.31 Å². The molecule has 3 heterocycles. The van der Waals surface area contributed by atoms with Gasteiger partial charge >= 0.3 is 6.03 Å². The molecule has 2 aromatic rings. The zero-order chi connectivity index (χ0) is 23.8. The van der Waals surface area contributed by atoms with E-state index in [-0.39, 0.29) is 24.0 Å². The average molecular weight is 478 g/mol. The van der Waals surface area contributed by atoms with Crippen LogP contribution in [0.4, 0.5) is 4.79 Å². The van der Waals surface area contributed by atoms with Crippen molar-refractivity contribution >= 4 is 22.0 Å². The Bertz CT molecular complexity index is 1150. The summed E-state index contributed by atoms with van der Waals surface area (Å²) in [7, 11) is -3.58. The monoisotopic (exact) mass is 477 g/mol. The molecule has 0 bridgehead atoms. The van der Waals surface area contributed by atoms with E-state index in [1.54, 1.807) is 39.0 Å². The maximum absolute atomic E-state index is 13.0. The minimum atomic E-state index is -3.58. The lowest BCUT2D eigenvalue weighted by Gasteiger charge is -2.26. The van der Waals surface area contributed by atoms with E-state index in [4.69, 9.17) is 13.9 Å². The molecule has 0 aliphatic carbocycles. The number of amides is 3. The maximum atomic E-state index is 13.0. The number of imide groups is 1. The summed E-state index contributed by atoms with van der Waals surface area (Å²) in [5.74, 6) is 1.29. The number of carbonyl (C=O) groups excluding carboxylic acids is 2. The normalized spacial score (nSPS) is 22.0. The molecule has 2 saturated heterocycles. The molecule has 33 heavy (non-hydrogen) atoms. The van der Waals surface area contributed by atoms with Gasteiger partial charge in [0.1, 0.15) is 29.4 Å². The van der Waals surface area contributed by atoms with E-state index < -0.39 is 21.6 Å². The molecule has 0 spiro atoms. The highest BCUT2D eigenvalue weighted by Crippen LogP contribution is 2.32. The Kier molecular flexibility index (Phi) is 6.21. The van der Waals surface area contributed by atoms with Gasteiger partial charge in [0.05, 0.1) is 24.7 Å². The first-order valence-electron chi connectivity index (χ1n) is 10.7. The van der Waals surface area contributed by atoms with Crippen molar-refractivity contribution in [2.24, 2.45) is 0 Å². The fourth-order valence-electron chi connectivity index (χ4n) is 4.11. The van der Waals surface area contributed by atoms with Crippen LogP contribution in [0.25, 0.3) is 0 Å². The summed E-state index contributed by atoms with van der Waals surface area (Å²) in [4.78, 5) is 26.8. The number of carbonyl (C=O) groups is 2. The molecule has 0 unspecified atom stereocenters. The summed E-state index contributed by atoms with van der Waals surface area (Å²) in [5, 5.41) is 2.75. The maximum Gasteiger partial charge on any atom is 0.325 e. The van der Waals surface area contributed by atoms with Crippen LogP contribution in [0.15, 0.2) is 39.6 Å². The highest BCUT2D eigenvalue weighted by atomic mass is 32.2. The van der Waals surface area contributed by atoms with Crippen molar-refractivity contribution in [1.82, 2.24) is 14.5 Å². The van der Waals surface area contributed by atoms with Gasteiger partial charge in [-0.1, -0.05) is 0 Å². The summed E-state index contributed by atoms with van der Waals surface area (Å²) < 4.78 is 43.2. The standard InChI is InChI=1S/C22H27N3O7S/c1-15-14-19(16(2)32-15)22(3)20(26)25(21(27)23-22)10-13-31-17-4-6-18(7-5-17)33(28,29)24-8-11-30-12-9-24/h4-7,14H,8-13H2,1-3H3,(H,23,27)/t22-/m0/s1. The summed E-state index contributed by atoms with van der Waals surface area (Å²) in [6.45, 7) is 6.69. The molecule has 1 N–H and O–H groups in total. The second-order valence-electron chi connectivity index (χ2n) is 8.18. The van der Waals surface area contributed by atoms with Gasteiger partial charge in [-0.25, -0.2) is 13.2 Å². The third kappa shape index (κ3) is 4.35. The van der Waals surface area contributed by atoms with Crippen LogP contribution < -0.4 is 10.1 Å². The molecule has 1 atom stereocenters. The highest BCUT2D eigenvalue weighted by Gasteiger charge is 2.50. The molecule has 10 nitrogen and oxygen atoms in total. The van der Waals surface area contributed by atoms with Crippen molar-refractivity contribution in [1.29, 1.82) is 0 Å². The van der Waals surface area contributed by atoms with Crippen molar-refractivity contribution in [3.63, 3.8) is 0 Å². The fraction of sp³-hybridized carbons (Fsp3) is 0.455. The van der Waals surface area contributed by atoms with Crippen molar-refractivity contribution in [3.05, 3.63) is 47.4 Å². The number of hydrogen-bond acceptors (Lipinski definition) is 7. The Morgan fingerprint density at radius 2 is 1.79 bits per heavy atom. The van der Waals surface area contributed by atoms with Crippen LogP contribution in [0, 0.1) is 13.8 Å². The predicted molar refractivity (Wildman–Crippen MR) is 117 cm³/mol. The van der Waals surface area contributed by atoms with Crippen LogP contribution in [-0.4, -0.2) is 69.0 Å². The molecule has 2 aliphatic rings. The van der Waals surface area contributed by atoms with Gasteiger partial charge in [-0.05, 0) is 51.1 Å². The van der Waals surface area contributed by atoms with Crippen LogP contribution in [0.3, 0.4) is 0 Å². The van der Waals surface area contributed by atoms with Gasteiger partial charge < -0.3 is 19.2 Å². The molecule has 1 aromatic carbocycles. The number of rotatable bonds is 7. The van der Waals surface area contributed by atoms with Crippen molar-refractivity contribution in [2.45, 2.75) is 31.2 Å². The fourth-order valence-corrected chi connectivity index (χ4v) is 5.52. The number of sulfonamides is 1. The second-order valence-corrected chi connectivity index (χ2v) is 10.1. The number of furan rings is 1. The minimum Gasteiger partial charge on any atom is -0.492 e. The first-order valence-corrected chi connectivity index (χ1v) is 12.1. The van der Waals surface area contributed by atoms with E-state index in [1.807, 2.05) is 0 Å². The largest absolute Gasteiger partial charge is 0.492 e. The molecule has 178 valence electrons. The Hall–Kier alpha value is -2.89. The topological polar surface area (TPSA) is 118 Å². The molecular weight excluding hydrogens is 450 g/mol.